The minimum absolute atomic E-state index is 0.0798. The van der Waals surface area contributed by atoms with Crippen molar-refractivity contribution in [3.63, 3.8) is 0 Å². The molecule has 5 heteroatoms. The van der Waals surface area contributed by atoms with Crippen molar-refractivity contribution in [2.24, 2.45) is 7.05 Å². The van der Waals surface area contributed by atoms with E-state index < -0.39 is 0 Å². The molecule has 0 saturated heterocycles. The molecule has 0 bridgehead atoms. The molecule has 2 aromatic heterocycles. The Balaban J connectivity index is 1.43. The van der Waals surface area contributed by atoms with Gasteiger partial charge in [-0.3, -0.25) is 9.69 Å². The lowest BCUT2D eigenvalue weighted by Gasteiger charge is -2.27. The predicted octanol–water partition coefficient (Wildman–Crippen LogP) is 2.70. The molecular formula is C20H22N4O. The maximum absolute atomic E-state index is 12.3. The molecule has 5 nitrogen and oxygen atoms in total. The number of aromatic amines is 1. The van der Waals surface area contributed by atoms with E-state index >= 15 is 0 Å². The van der Waals surface area contributed by atoms with Gasteiger partial charge in [0.05, 0.1) is 5.69 Å². The lowest BCUT2D eigenvalue weighted by atomic mass is 10.1. The molecular weight excluding hydrogens is 312 g/mol. The predicted molar refractivity (Wildman–Crippen MR) is 97.6 cm³/mol. The highest BCUT2D eigenvalue weighted by molar-refractivity contribution is 5.81. The molecule has 0 spiro atoms. The lowest BCUT2D eigenvalue weighted by molar-refractivity contribution is 0.235. The summed E-state index contributed by atoms with van der Waals surface area (Å²) in [6.07, 6.45) is 3.09. The summed E-state index contributed by atoms with van der Waals surface area (Å²) < 4.78 is 2.27. The first-order chi connectivity index (χ1) is 12.2. The first-order valence-electron chi connectivity index (χ1n) is 9.06. The first-order valence-corrected chi connectivity index (χ1v) is 9.06. The Morgan fingerprint density at radius 2 is 2.12 bits per heavy atom. The molecule has 25 heavy (non-hydrogen) atoms. The molecule has 1 saturated carbocycles. The van der Waals surface area contributed by atoms with Gasteiger partial charge in [-0.2, -0.15) is 0 Å². The summed E-state index contributed by atoms with van der Waals surface area (Å²) in [5, 5.41) is 1.28. The molecule has 3 heterocycles. The molecule has 0 unspecified atom stereocenters. The van der Waals surface area contributed by atoms with Gasteiger partial charge >= 0.3 is 0 Å². The van der Waals surface area contributed by atoms with Crippen LogP contribution in [0.4, 0.5) is 0 Å². The highest BCUT2D eigenvalue weighted by Crippen LogP contribution is 2.37. The quantitative estimate of drug-likeness (QED) is 0.801. The van der Waals surface area contributed by atoms with Crippen molar-refractivity contribution >= 4 is 10.9 Å². The van der Waals surface area contributed by atoms with E-state index in [2.05, 4.69) is 51.8 Å². The maximum Gasteiger partial charge on any atom is 0.254 e. The van der Waals surface area contributed by atoms with Crippen molar-refractivity contribution < 1.29 is 0 Å². The van der Waals surface area contributed by atoms with Crippen molar-refractivity contribution in [1.29, 1.82) is 0 Å². The van der Waals surface area contributed by atoms with Crippen LogP contribution in [-0.4, -0.2) is 26.0 Å². The average Bonchev–Trinajstić information content (AvgIpc) is 3.41. The fourth-order valence-corrected chi connectivity index (χ4v) is 3.92. The zero-order chi connectivity index (χ0) is 17.0. The van der Waals surface area contributed by atoms with E-state index in [4.69, 9.17) is 4.98 Å². The number of aromatic nitrogens is 3. The Kier molecular flexibility index (Phi) is 3.31. The largest absolute Gasteiger partial charge is 0.346 e. The van der Waals surface area contributed by atoms with E-state index in [9.17, 15) is 4.79 Å². The molecule has 1 fully saturated rings. The molecule has 0 radical (unpaired) electrons. The number of hydrogen-bond acceptors (Lipinski definition) is 3. The Morgan fingerprint density at radius 3 is 2.92 bits per heavy atom. The SMILES string of the molecule is Cn1c(CN2CCc3c(nc(C4CC4)[nH]c3=O)C2)cc2ccccc21. The molecule has 3 aromatic rings. The van der Waals surface area contributed by atoms with Gasteiger partial charge in [-0.25, -0.2) is 4.98 Å². The molecule has 1 aromatic carbocycles. The molecule has 2 aliphatic rings. The standard InChI is InChI=1S/C20H22N4O/c1-23-15(10-14-4-2-3-5-18(14)23)11-24-9-8-16-17(12-24)21-19(13-6-7-13)22-20(16)25/h2-5,10,13H,6-9,11-12H2,1H3,(H,21,22,25). The minimum atomic E-state index is 0.0798. The number of H-pyrrole nitrogens is 1. The topological polar surface area (TPSA) is 53.9 Å². The van der Waals surface area contributed by atoms with Gasteiger partial charge in [0, 0.05) is 49.4 Å². The van der Waals surface area contributed by atoms with Crippen molar-refractivity contribution in [3.8, 4) is 0 Å². The molecule has 0 atom stereocenters. The van der Waals surface area contributed by atoms with E-state index in [1.807, 2.05) is 0 Å². The van der Waals surface area contributed by atoms with Crippen LogP contribution in [0.25, 0.3) is 10.9 Å². The molecule has 1 aliphatic heterocycles. The van der Waals surface area contributed by atoms with Gasteiger partial charge in [0.2, 0.25) is 0 Å². The monoisotopic (exact) mass is 334 g/mol. The third kappa shape index (κ3) is 2.59. The van der Waals surface area contributed by atoms with Crippen LogP contribution in [0.15, 0.2) is 35.1 Å². The van der Waals surface area contributed by atoms with Gasteiger partial charge < -0.3 is 9.55 Å². The summed E-state index contributed by atoms with van der Waals surface area (Å²) in [6, 6.07) is 10.8. The fraction of sp³-hybridized carbons (Fsp3) is 0.400. The number of benzene rings is 1. The van der Waals surface area contributed by atoms with E-state index in [0.29, 0.717) is 5.92 Å². The third-order valence-corrected chi connectivity index (χ3v) is 5.57. The highest BCUT2D eigenvalue weighted by atomic mass is 16.1. The number of para-hydroxylation sites is 1. The van der Waals surface area contributed by atoms with Crippen LogP contribution in [0.2, 0.25) is 0 Å². The smallest absolute Gasteiger partial charge is 0.254 e. The van der Waals surface area contributed by atoms with Crippen molar-refractivity contribution in [2.45, 2.75) is 38.3 Å². The van der Waals surface area contributed by atoms with Gasteiger partial charge in [-0.1, -0.05) is 18.2 Å². The Morgan fingerprint density at radius 1 is 1.28 bits per heavy atom. The van der Waals surface area contributed by atoms with Crippen LogP contribution in [0.3, 0.4) is 0 Å². The van der Waals surface area contributed by atoms with Gasteiger partial charge in [0.25, 0.3) is 5.56 Å². The van der Waals surface area contributed by atoms with E-state index in [0.717, 1.165) is 56.0 Å². The zero-order valence-corrected chi connectivity index (χ0v) is 14.5. The third-order valence-electron chi connectivity index (χ3n) is 5.57. The molecule has 128 valence electrons. The second-order valence-electron chi connectivity index (χ2n) is 7.36. The van der Waals surface area contributed by atoms with E-state index in [1.165, 1.54) is 16.6 Å². The van der Waals surface area contributed by atoms with Crippen molar-refractivity contribution in [2.75, 3.05) is 6.54 Å². The summed E-state index contributed by atoms with van der Waals surface area (Å²) in [4.78, 5) is 22.5. The molecule has 5 rings (SSSR count). The Hall–Kier alpha value is -2.40. The first kappa shape index (κ1) is 14.9. The normalized spacial score (nSPS) is 17.8. The average molecular weight is 334 g/mol. The summed E-state index contributed by atoms with van der Waals surface area (Å²) in [7, 11) is 2.13. The van der Waals surface area contributed by atoms with Crippen LogP contribution < -0.4 is 5.56 Å². The zero-order valence-electron chi connectivity index (χ0n) is 14.5. The number of nitrogens with one attached hydrogen (secondary N) is 1. The molecule has 1 N–H and O–H groups in total. The number of hydrogen-bond donors (Lipinski definition) is 1. The van der Waals surface area contributed by atoms with E-state index in [-0.39, 0.29) is 5.56 Å². The number of nitrogens with zero attached hydrogens (tertiary/aromatic N) is 3. The highest BCUT2D eigenvalue weighted by Gasteiger charge is 2.29. The second kappa shape index (κ2) is 5.56. The molecule has 0 amide bonds. The van der Waals surface area contributed by atoms with Crippen LogP contribution in [-0.2, 0) is 26.6 Å². The lowest BCUT2D eigenvalue weighted by Crippen LogP contribution is -2.35. The van der Waals surface area contributed by atoms with Gasteiger partial charge in [-0.05, 0) is 36.8 Å². The summed E-state index contributed by atoms with van der Waals surface area (Å²) in [5.74, 6) is 1.38. The van der Waals surface area contributed by atoms with Crippen LogP contribution in [0.1, 0.15) is 41.5 Å². The van der Waals surface area contributed by atoms with Gasteiger partial charge in [-0.15, -0.1) is 0 Å². The summed E-state index contributed by atoms with van der Waals surface area (Å²) in [5.41, 5.74) is 4.52. The van der Waals surface area contributed by atoms with Crippen molar-refractivity contribution in [3.05, 3.63) is 63.5 Å². The van der Waals surface area contributed by atoms with Crippen LogP contribution in [0, 0.1) is 0 Å². The van der Waals surface area contributed by atoms with E-state index in [1.54, 1.807) is 0 Å². The number of fused-ring (bicyclic) bond motifs is 2. The Labute approximate surface area is 146 Å². The van der Waals surface area contributed by atoms with Gasteiger partial charge in [0.1, 0.15) is 5.82 Å². The second-order valence-corrected chi connectivity index (χ2v) is 7.36. The summed E-state index contributed by atoms with van der Waals surface area (Å²) >= 11 is 0. The fourth-order valence-electron chi connectivity index (χ4n) is 3.92. The maximum atomic E-state index is 12.3. The number of rotatable bonds is 3. The number of aryl methyl sites for hydroxylation is 1. The minimum Gasteiger partial charge on any atom is -0.346 e. The molecule has 1 aliphatic carbocycles. The van der Waals surface area contributed by atoms with Crippen LogP contribution in [0.5, 0.6) is 0 Å². The van der Waals surface area contributed by atoms with Crippen molar-refractivity contribution in [1.82, 2.24) is 19.4 Å². The Bertz CT molecular complexity index is 1010. The summed E-state index contributed by atoms with van der Waals surface area (Å²) in [6.45, 7) is 2.56. The van der Waals surface area contributed by atoms with Crippen LogP contribution >= 0.6 is 0 Å². The van der Waals surface area contributed by atoms with Gasteiger partial charge in [0.15, 0.2) is 0 Å².